The molecule has 1 amide bonds. The average molecular weight is 470 g/mol. The number of aromatic amines is 1. The van der Waals surface area contributed by atoms with Crippen molar-refractivity contribution in [3.63, 3.8) is 0 Å². The van der Waals surface area contributed by atoms with Gasteiger partial charge in [0, 0.05) is 37.3 Å². The third-order valence-corrected chi connectivity index (χ3v) is 7.74. The molecule has 2 aromatic carbocycles. The molecule has 1 unspecified atom stereocenters. The van der Waals surface area contributed by atoms with Gasteiger partial charge in [-0.2, -0.15) is 0 Å². The highest BCUT2D eigenvalue weighted by atomic mass is 32.2. The summed E-state index contributed by atoms with van der Waals surface area (Å²) in [5.41, 5.74) is 2.16. The van der Waals surface area contributed by atoms with E-state index in [4.69, 9.17) is 4.74 Å². The first-order valence-electron chi connectivity index (χ1n) is 10.8. The lowest BCUT2D eigenvalue weighted by atomic mass is 10.1. The van der Waals surface area contributed by atoms with Crippen LogP contribution in [-0.2, 0) is 14.8 Å². The summed E-state index contributed by atoms with van der Waals surface area (Å²) >= 11 is 0. The molecule has 8 nitrogen and oxygen atoms in total. The molecular weight excluding hydrogens is 442 g/mol. The molecule has 0 spiro atoms. The van der Waals surface area contributed by atoms with Crippen molar-refractivity contribution in [3.8, 4) is 0 Å². The molecule has 4 rings (SSSR count). The summed E-state index contributed by atoms with van der Waals surface area (Å²) in [6, 6.07) is 9.89. The number of pyridine rings is 1. The molecule has 33 heavy (non-hydrogen) atoms. The monoisotopic (exact) mass is 469 g/mol. The van der Waals surface area contributed by atoms with E-state index in [1.807, 2.05) is 26.0 Å². The highest BCUT2D eigenvalue weighted by Crippen LogP contribution is 2.27. The zero-order valence-corrected chi connectivity index (χ0v) is 19.7. The molecule has 1 aliphatic rings. The predicted octanol–water partition coefficient (Wildman–Crippen LogP) is 2.88. The van der Waals surface area contributed by atoms with Gasteiger partial charge in [0.25, 0.3) is 15.9 Å². The third-order valence-electron chi connectivity index (χ3n) is 5.97. The molecule has 2 heterocycles. The van der Waals surface area contributed by atoms with Crippen molar-refractivity contribution in [2.75, 3.05) is 24.5 Å². The first kappa shape index (κ1) is 23.0. The van der Waals surface area contributed by atoms with Gasteiger partial charge in [-0.05, 0) is 62.1 Å². The van der Waals surface area contributed by atoms with E-state index in [1.54, 1.807) is 6.07 Å². The van der Waals surface area contributed by atoms with E-state index in [0.29, 0.717) is 24.4 Å². The first-order valence-corrected chi connectivity index (χ1v) is 12.2. The van der Waals surface area contributed by atoms with Gasteiger partial charge in [0.2, 0.25) is 5.43 Å². The molecule has 1 saturated heterocycles. The van der Waals surface area contributed by atoms with Crippen molar-refractivity contribution >= 4 is 32.5 Å². The van der Waals surface area contributed by atoms with E-state index in [2.05, 4.69) is 10.3 Å². The van der Waals surface area contributed by atoms with Gasteiger partial charge in [-0.1, -0.05) is 12.1 Å². The Kier molecular flexibility index (Phi) is 6.27. The van der Waals surface area contributed by atoms with E-state index >= 15 is 0 Å². The molecule has 2 N–H and O–H groups in total. The van der Waals surface area contributed by atoms with Crippen LogP contribution in [0.25, 0.3) is 10.9 Å². The Morgan fingerprint density at radius 3 is 2.73 bits per heavy atom. The Morgan fingerprint density at radius 1 is 1.21 bits per heavy atom. The molecule has 0 saturated carbocycles. The highest BCUT2D eigenvalue weighted by Gasteiger charge is 2.24. The second-order valence-electron chi connectivity index (χ2n) is 8.35. The molecule has 1 aliphatic heterocycles. The summed E-state index contributed by atoms with van der Waals surface area (Å²) in [6.45, 7) is 4.73. The Bertz CT molecular complexity index is 1370. The average Bonchev–Trinajstić information content (AvgIpc) is 3.32. The van der Waals surface area contributed by atoms with Crippen LogP contribution >= 0.6 is 0 Å². The minimum atomic E-state index is -3.93. The molecule has 9 heteroatoms. The molecule has 1 fully saturated rings. The van der Waals surface area contributed by atoms with Gasteiger partial charge in [0.15, 0.2) is 0 Å². The standard InChI is InChI=1S/C24H27N3O5S/c1-15-6-7-16(2)22(11-15)27(3)33(30,31)18-8-9-21-19(12-18)23(28)20(14-25-21)24(29)26-13-17-5-4-10-32-17/h6-9,11-12,14,17H,4-5,10,13H2,1-3H3,(H,25,28)(H,26,29). The number of H-pyrrole nitrogens is 1. The molecule has 0 bridgehead atoms. The largest absolute Gasteiger partial charge is 0.376 e. The van der Waals surface area contributed by atoms with Crippen LogP contribution in [0.1, 0.15) is 34.3 Å². The van der Waals surface area contributed by atoms with Crippen molar-refractivity contribution in [2.45, 2.75) is 37.7 Å². The number of aromatic nitrogens is 1. The van der Waals surface area contributed by atoms with Gasteiger partial charge in [0.05, 0.1) is 16.7 Å². The van der Waals surface area contributed by atoms with Crippen LogP contribution in [-0.4, -0.2) is 45.6 Å². The topological polar surface area (TPSA) is 109 Å². The number of carbonyl (C=O) groups is 1. The maximum atomic E-state index is 13.3. The van der Waals surface area contributed by atoms with Crippen LogP contribution < -0.4 is 15.1 Å². The number of benzene rings is 2. The summed E-state index contributed by atoms with van der Waals surface area (Å²) in [7, 11) is -2.44. The highest BCUT2D eigenvalue weighted by molar-refractivity contribution is 7.92. The van der Waals surface area contributed by atoms with E-state index in [9.17, 15) is 18.0 Å². The first-order chi connectivity index (χ1) is 15.7. The summed E-state index contributed by atoms with van der Waals surface area (Å²) in [5, 5.41) is 2.87. The fourth-order valence-electron chi connectivity index (χ4n) is 3.98. The SMILES string of the molecule is Cc1ccc(C)c(N(C)S(=O)(=O)c2ccc3[nH]cc(C(=O)NCC4CCCO4)c(=O)c3c2)c1. The van der Waals surface area contributed by atoms with Gasteiger partial charge in [-0.15, -0.1) is 0 Å². The fourth-order valence-corrected chi connectivity index (χ4v) is 5.26. The van der Waals surface area contributed by atoms with Crippen molar-refractivity contribution in [3.05, 3.63) is 69.5 Å². The van der Waals surface area contributed by atoms with Crippen LogP contribution in [0.15, 0.2) is 52.3 Å². The molecule has 3 aromatic rings. The lowest BCUT2D eigenvalue weighted by Crippen LogP contribution is -2.34. The Hall–Kier alpha value is -3.17. The van der Waals surface area contributed by atoms with Crippen molar-refractivity contribution in [1.82, 2.24) is 10.3 Å². The van der Waals surface area contributed by atoms with E-state index < -0.39 is 21.4 Å². The van der Waals surface area contributed by atoms with Crippen LogP contribution in [0.3, 0.4) is 0 Å². The summed E-state index contributed by atoms with van der Waals surface area (Å²) < 4.78 is 33.4. The number of nitrogens with zero attached hydrogens (tertiary/aromatic N) is 1. The summed E-state index contributed by atoms with van der Waals surface area (Å²) in [6.07, 6.45) is 3.12. The number of carbonyl (C=O) groups excluding carboxylic acids is 1. The Balaban J connectivity index is 1.67. The number of amides is 1. The Morgan fingerprint density at radius 2 is 2.00 bits per heavy atom. The number of nitrogens with one attached hydrogen (secondary N) is 2. The maximum Gasteiger partial charge on any atom is 0.264 e. The lowest BCUT2D eigenvalue weighted by molar-refractivity contribution is 0.0857. The fraction of sp³-hybridized carbons (Fsp3) is 0.333. The smallest absolute Gasteiger partial charge is 0.264 e. The number of hydrogen-bond acceptors (Lipinski definition) is 5. The van der Waals surface area contributed by atoms with Crippen molar-refractivity contribution < 1.29 is 17.9 Å². The number of sulfonamides is 1. The number of fused-ring (bicyclic) bond motifs is 1. The zero-order valence-electron chi connectivity index (χ0n) is 18.8. The number of hydrogen-bond donors (Lipinski definition) is 2. The second kappa shape index (κ2) is 8.99. The quantitative estimate of drug-likeness (QED) is 0.577. The van der Waals surface area contributed by atoms with Gasteiger partial charge >= 0.3 is 0 Å². The van der Waals surface area contributed by atoms with Crippen LogP contribution in [0.2, 0.25) is 0 Å². The van der Waals surface area contributed by atoms with E-state index in [0.717, 1.165) is 24.0 Å². The van der Waals surface area contributed by atoms with Crippen LogP contribution in [0.4, 0.5) is 5.69 Å². The molecule has 0 aliphatic carbocycles. The zero-order chi connectivity index (χ0) is 23.8. The number of ether oxygens (including phenoxy) is 1. The summed E-state index contributed by atoms with van der Waals surface area (Å²) in [4.78, 5) is 28.6. The van der Waals surface area contributed by atoms with Crippen LogP contribution in [0, 0.1) is 13.8 Å². The van der Waals surface area contributed by atoms with E-state index in [-0.39, 0.29) is 21.9 Å². The third kappa shape index (κ3) is 4.51. The minimum Gasteiger partial charge on any atom is -0.376 e. The summed E-state index contributed by atoms with van der Waals surface area (Å²) in [5.74, 6) is -0.519. The van der Waals surface area contributed by atoms with Gasteiger partial charge in [-0.3, -0.25) is 13.9 Å². The Labute approximate surface area is 192 Å². The van der Waals surface area contributed by atoms with Gasteiger partial charge in [-0.25, -0.2) is 8.42 Å². The lowest BCUT2D eigenvalue weighted by Gasteiger charge is -2.22. The number of aryl methyl sites for hydroxylation is 2. The van der Waals surface area contributed by atoms with Crippen molar-refractivity contribution in [1.29, 1.82) is 0 Å². The predicted molar refractivity (Wildman–Crippen MR) is 127 cm³/mol. The van der Waals surface area contributed by atoms with Crippen molar-refractivity contribution in [2.24, 2.45) is 0 Å². The molecule has 0 radical (unpaired) electrons. The normalized spacial score (nSPS) is 16.2. The number of rotatable bonds is 6. The minimum absolute atomic E-state index is 0.0270. The van der Waals surface area contributed by atoms with E-state index in [1.165, 1.54) is 35.7 Å². The van der Waals surface area contributed by atoms with Gasteiger partial charge in [0.1, 0.15) is 5.56 Å². The van der Waals surface area contributed by atoms with Gasteiger partial charge < -0.3 is 15.0 Å². The van der Waals surface area contributed by atoms with Crippen LogP contribution in [0.5, 0.6) is 0 Å². The molecule has 174 valence electrons. The maximum absolute atomic E-state index is 13.3. The number of anilines is 1. The molecular formula is C24H27N3O5S. The molecule has 1 atom stereocenters. The second-order valence-corrected chi connectivity index (χ2v) is 10.3. The molecule has 1 aromatic heterocycles.